The van der Waals surface area contributed by atoms with E-state index < -0.39 is 5.60 Å². The van der Waals surface area contributed by atoms with Crippen LogP contribution in [0.4, 0.5) is 5.69 Å². The molecule has 0 spiro atoms. The van der Waals surface area contributed by atoms with Crippen LogP contribution in [0, 0.1) is 0 Å². The molecule has 1 aromatic heterocycles. The highest BCUT2D eigenvalue weighted by Gasteiger charge is 2.21. The highest BCUT2D eigenvalue weighted by atomic mass is 35.5. The topological polar surface area (TPSA) is 48.4 Å². The van der Waals surface area contributed by atoms with Gasteiger partial charge in [0.25, 0.3) is 0 Å². The highest BCUT2D eigenvalue weighted by molar-refractivity contribution is 6.33. The van der Waals surface area contributed by atoms with E-state index >= 15 is 0 Å². The third kappa shape index (κ3) is 4.35. The molecule has 0 aromatic carbocycles. The van der Waals surface area contributed by atoms with Gasteiger partial charge in [0.1, 0.15) is 0 Å². The van der Waals surface area contributed by atoms with Crippen LogP contribution < -0.4 is 5.32 Å². The van der Waals surface area contributed by atoms with E-state index in [-0.39, 0.29) is 0 Å². The summed E-state index contributed by atoms with van der Waals surface area (Å²) >= 11 is 5.94. The summed E-state index contributed by atoms with van der Waals surface area (Å²) in [6.45, 7) is 2.81. The summed E-state index contributed by atoms with van der Waals surface area (Å²) in [6, 6.07) is 1.79. The maximum absolute atomic E-state index is 10.1. The molecular weight excluding hydrogens is 226 g/mol. The molecule has 0 aliphatic rings. The van der Waals surface area contributed by atoms with Crippen LogP contribution in [0.15, 0.2) is 18.5 Å². The van der Waals surface area contributed by atoms with E-state index in [1.807, 2.05) is 19.0 Å². The third-order valence-electron chi connectivity index (χ3n) is 2.09. The van der Waals surface area contributed by atoms with Crippen molar-refractivity contribution in [3.8, 4) is 0 Å². The van der Waals surface area contributed by atoms with E-state index in [9.17, 15) is 5.11 Å². The van der Waals surface area contributed by atoms with Gasteiger partial charge in [-0.25, -0.2) is 0 Å². The summed E-state index contributed by atoms with van der Waals surface area (Å²) in [4.78, 5) is 5.84. The zero-order valence-corrected chi connectivity index (χ0v) is 10.6. The third-order valence-corrected chi connectivity index (χ3v) is 2.39. The van der Waals surface area contributed by atoms with Crippen molar-refractivity contribution in [3.63, 3.8) is 0 Å². The van der Waals surface area contributed by atoms with Gasteiger partial charge in [0.15, 0.2) is 0 Å². The van der Waals surface area contributed by atoms with Gasteiger partial charge < -0.3 is 15.3 Å². The molecule has 16 heavy (non-hydrogen) atoms. The van der Waals surface area contributed by atoms with Crippen molar-refractivity contribution in [2.75, 3.05) is 32.5 Å². The molecule has 4 nitrogen and oxygen atoms in total. The number of likely N-dealkylation sites (N-methyl/N-ethyl adjacent to an activating group) is 1. The smallest absolute Gasteiger partial charge is 0.0917 e. The maximum atomic E-state index is 10.1. The molecule has 1 rings (SSSR count). The molecule has 0 fully saturated rings. The molecule has 5 heteroatoms. The van der Waals surface area contributed by atoms with Gasteiger partial charge >= 0.3 is 0 Å². The minimum Gasteiger partial charge on any atom is -0.387 e. The first-order valence-corrected chi connectivity index (χ1v) is 5.49. The summed E-state index contributed by atoms with van der Waals surface area (Å²) < 4.78 is 0. The Kier molecular flexibility index (Phi) is 4.53. The number of anilines is 1. The Morgan fingerprint density at radius 3 is 2.81 bits per heavy atom. The van der Waals surface area contributed by atoms with Crippen molar-refractivity contribution in [1.82, 2.24) is 9.88 Å². The Hall–Kier alpha value is -0.840. The second-order valence-corrected chi connectivity index (χ2v) is 4.85. The Morgan fingerprint density at radius 2 is 2.25 bits per heavy atom. The molecule has 0 radical (unpaired) electrons. The van der Waals surface area contributed by atoms with E-state index in [1.165, 1.54) is 0 Å². The summed E-state index contributed by atoms with van der Waals surface area (Å²) in [5.41, 5.74) is -0.00785. The standard InChI is InChI=1S/C11H18ClN3O/c1-11(16,8-15(2)3)7-14-10-4-5-13-6-9(10)12/h4-6,16H,7-8H2,1-3H3,(H,13,14). The predicted molar refractivity (Wildman–Crippen MR) is 66.9 cm³/mol. The van der Waals surface area contributed by atoms with Gasteiger partial charge in [0.05, 0.1) is 16.3 Å². The molecule has 0 aliphatic carbocycles. The Balaban J connectivity index is 2.54. The van der Waals surface area contributed by atoms with Gasteiger partial charge in [-0.2, -0.15) is 0 Å². The fourth-order valence-corrected chi connectivity index (χ4v) is 1.73. The Labute approximate surface area is 101 Å². The molecule has 1 unspecified atom stereocenters. The summed E-state index contributed by atoms with van der Waals surface area (Å²) in [6.07, 6.45) is 3.24. The molecular formula is C11H18ClN3O. The molecule has 90 valence electrons. The van der Waals surface area contributed by atoms with Crippen molar-refractivity contribution in [3.05, 3.63) is 23.5 Å². The number of hydrogen-bond donors (Lipinski definition) is 2. The first-order valence-electron chi connectivity index (χ1n) is 5.11. The van der Waals surface area contributed by atoms with Gasteiger partial charge in [-0.1, -0.05) is 11.6 Å². The lowest BCUT2D eigenvalue weighted by molar-refractivity contribution is 0.0460. The van der Waals surface area contributed by atoms with E-state index in [4.69, 9.17) is 11.6 Å². The van der Waals surface area contributed by atoms with Crippen molar-refractivity contribution >= 4 is 17.3 Å². The van der Waals surface area contributed by atoms with E-state index in [0.29, 0.717) is 18.1 Å². The van der Waals surface area contributed by atoms with E-state index in [0.717, 1.165) is 5.69 Å². The first-order chi connectivity index (χ1) is 7.41. The zero-order valence-electron chi connectivity index (χ0n) is 9.87. The molecule has 1 heterocycles. The van der Waals surface area contributed by atoms with E-state index in [1.54, 1.807) is 25.4 Å². The van der Waals surface area contributed by atoms with Gasteiger partial charge in [0, 0.05) is 25.5 Å². The van der Waals surface area contributed by atoms with Crippen molar-refractivity contribution in [1.29, 1.82) is 0 Å². The average Bonchev–Trinajstić information content (AvgIpc) is 2.14. The van der Waals surface area contributed by atoms with Gasteiger partial charge in [-0.15, -0.1) is 0 Å². The molecule has 0 saturated carbocycles. The van der Waals surface area contributed by atoms with Crippen LogP contribution >= 0.6 is 11.6 Å². The number of aliphatic hydroxyl groups is 1. The van der Waals surface area contributed by atoms with Crippen LogP contribution in [0.2, 0.25) is 5.02 Å². The SMILES string of the molecule is CN(C)CC(C)(O)CNc1ccncc1Cl. The van der Waals surface area contributed by atoms with Crippen LogP contribution in [-0.2, 0) is 0 Å². The maximum Gasteiger partial charge on any atom is 0.0917 e. The number of hydrogen-bond acceptors (Lipinski definition) is 4. The van der Waals surface area contributed by atoms with Crippen LogP contribution in [-0.4, -0.2) is 47.8 Å². The fraction of sp³-hybridized carbons (Fsp3) is 0.545. The number of aromatic nitrogens is 1. The van der Waals surface area contributed by atoms with Crippen LogP contribution in [0.5, 0.6) is 0 Å². The minimum absolute atomic E-state index is 0.439. The van der Waals surface area contributed by atoms with E-state index in [2.05, 4.69) is 10.3 Å². The van der Waals surface area contributed by atoms with Crippen LogP contribution in [0.25, 0.3) is 0 Å². The normalized spacial score (nSPS) is 14.9. The van der Waals surface area contributed by atoms with Gasteiger partial charge in [0.2, 0.25) is 0 Å². The van der Waals surface area contributed by atoms with Gasteiger partial charge in [-0.05, 0) is 27.1 Å². The van der Waals surface area contributed by atoms with Gasteiger partial charge in [-0.3, -0.25) is 4.98 Å². The number of nitrogens with zero attached hydrogens (tertiary/aromatic N) is 2. The molecule has 1 aromatic rings. The summed E-state index contributed by atoms with van der Waals surface area (Å²) in [7, 11) is 3.85. The fourth-order valence-electron chi connectivity index (χ4n) is 1.54. The number of rotatable bonds is 5. The average molecular weight is 244 g/mol. The Bertz CT molecular complexity index is 342. The second-order valence-electron chi connectivity index (χ2n) is 4.44. The lowest BCUT2D eigenvalue weighted by atomic mass is 10.1. The number of halogens is 1. The zero-order chi connectivity index (χ0) is 12.2. The molecule has 1 atom stereocenters. The second kappa shape index (κ2) is 5.48. The molecule has 2 N–H and O–H groups in total. The van der Waals surface area contributed by atoms with Crippen LogP contribution in [0.1, 0.15) is 6.92 Å². The molecule has 0 amide bonds. The molecule has 0 saturated heterocycles. The number of nitrogens with one attached hydrogen (secondary N) is 1. The molecule has 0 bridgehead atoms. The largest absolute Gasteiger partial charge is 0.387 e. The monoisotopic (exact) mass is 243 g/mol. The summed E-state index contributed by atoms with van der Waals surface area (Å²) in [5, 5.41) is 13.7. The minimum atomic E-state index is -0.796. The van der Waals surface area contributed by atoms with Crippen LogP contribution in [0.3, 0.4) is 0 Å². The number of pyridine rings is 1. The molecule has 0 aliphatic heterocycles. The highest BCUT2D eigenvalue weighted by Crippen LogP contribution is 2.19. The quantitative estimate of drug-likeness (QED) is 0.822. The van der Waals surface area contributed by atoms with Crippen molar-refractivity contribution in [2.45, 2.75) is 12.5 Å². The lowest BCUT2D eigenvalue weighted by Crippen LogP contribution is -2.43. The Morgan fingerprint density at radius 1 is 1.56 bits per heavy atom. The first kappa shape index (κ1) is 13.2. The van der Waals surface area contributed by atoms with Crippen molar-refractivity contribution < 1.29 is 5.11 Å². The lowest BCUT2D eigenvalue weighted by Gasteiger charge is -2.27. The summed E-state index contributed by atoms with van der Waals surface area (Å²) in [5.74, 6) is 0. The predicted octanol–water partition coefficient (Wildman–Crippen LogP) is 1.46. The van der Waals surface area contributed by atoms with Crippen molar-refractivity contribution in [2.24, 2.45) is 0 Å².